The molecule has 0 unspecified atom stereocenters. The molecule has 1 aromatic carbocycles. The van der Waals surface area contributed by atoms with Crippen molar-refractivity contribution in [2.24, 2.45) is 0 Å². The quantitative estimate of drug-likeness (QED) is 0.607. The molecule has 3 aromatic rings. The highest BCUT2D eigenvalue weighted by Crippen LogP contribution is 2.31. The van der Waals surface area contributed by atoms with E-state index in [1.807, 2.05) is 0 Å². The Morgan fingerprint density at radius 1 is 1.19 bits per heavy atom. The molecule has 3 rings (SSSR count). The molecule has 144 valence electrons. The van der Waals surface area contributed by atoms with Crippen molar-refractivity contribution in [2.75, 3.05) is 5.32 Å². The summed E-state index contributed by atoms with van der Waals surface area (Å²) in [4.78, 5) is 17.0. The van der Waals surface area contributed by atoms with Crippen LogP contribution >= 0.6 is 11.3 Å². The second kappa shape index (κ2) is 7.82. The van der Waals surface area contributed by atoms with E-state index in [1.54, 1.807) is 12.3 Å². The Kier molecular flexibility index (Phi) is 5.49. The number of hydrogen-bond acceptors (Lipinski definition) is 6. The van der Waals surface area contributed by atoms with E-state index in [0.717, 1.165) is 11.8 Å². The van der Waals surface area contributed by atoms with E-state index in [-0.39, 0.29) is 29.3 Å². The number of nitrogens with one attached hydrogen (secondary N) is 1. The highest BCUT2D eigenvalue weighted by atomic mass is 32.1. The van der Waals surface area contributed by atoms with Crippen LogP contribution in [-0.4, -0.2) is 22.6 Å². The summed E-state index contributed by atoms with van der Waals surface area (Å²) in [6, 6.07) is 4.69. The van der Waals surface area contributed by atoms with Crippen molar-refractivity contribution in [3.63, 3.8) is 0 Å². The lowest BCUT2D eigenvalue weighted by atomic mass is 10.2. The van der Waals surface area contributed by atoms with Crippen LogP contribution in [0.15, 0.2) is 34.4 Å². The van der Waals surface area contributed by atoms with Crippen molar-refractivity contribution in [2.45, 2.75) is 26.7 Å². The maximum Gasteiger partial charge on any atom is 0.387 e. The van der Waals surface area contributed by atoms with Gasteiger partial charge in [-0.2, -0.15) is 17.6 Å². The van der Waals surface area contributed by atoms with E-state index in [1.165, 1.54) is 33.9 Å². The van der Waals surface area contributed by atoms with Crippen LogP contribution in [0.2, 0.25) is 0 Å². The zero-order valence-electron chi connectivity index (χ0n) is 13.8. The third-order valence-corrected chi connectivity index (χ3v) is 4.43. The zero-order chi connectivity index (χ0) is 19.6. The number of ether oxygens (including phenoxy) is 2. The number of nitrogens with zero attached hydrogens (tertiary/aromatic N) is 2. The maximum absolute atomic E-state index is 12.6. The van der Waals surface area contributed by atoms with Crippen LogP contribution in [0.1, 0.15) is 11.4 Å². The molecule has 0 atom stereocenters. The van der Waals surface area contributed by atoms with E-state index in [4.69, 9.17) is 0 Å². The Hall–Kier alpha value is -2.82. The fourth-order valence-corrected chi connectivity index (χ4v) is 3.29. The van der Waals surface area contributed by atoms with Crippen molar-refractivity contribution < 1.29 is 27.0 Å². The Morgan fingerprint density at radius 3 is 2.63 bits per heavy atom. The Labute approximate surface area is 154 Å². The molecular formula is C16H13F4N3O3S. The maximum atomic E-state index is 12.6. The number of fused-ring (bicyclic) bond motifs is 1. The van der Waals surface area contributed by atoms with Crippen LogP contribution < -0.4 is 20.3 Å². The second-order valence-electron chi connectivity index (χ2n) is 5.35. The summed E-state index contributed by atoms with van der Waals surface area (Å²) in [5.74, 6) is -0.689. The van der Waals surface area contributed by atoms with Crippen LogP contribution in [0, 0.1) is 6.92 Å². The van der Waals surface area contributed by atoms with Gasteiger partial charge in [-0.05, 0) is 19.1 Å². The van der Waals surface area contributed by atoms with Gasteiger partial charge in [-0.15, -0.1) is 11.3 Å². The highest BCUT2D eigenvalue weighted by molar-refractivity contribution is 7.15. The van der Waals surface area contributed by atoms with Crippen molar-refractivity contribution in [3.8, 4) is 11.5 Å². The number of anilines is 1. The molecule has 1 N–H and O–H groups in total. The summed E-state index contributed by atoms with van der Waals surface area (Å²) in [7, 11) is 0. The molecule has 0 radical (unpaired) electrons. The van der Waals surface area contributed by atoms with Gasteiger partial charge in [0.05, 0.1) is 17.9 Å². The van der Waals surface area contributed by atoms with Gasteiger partial charge in [0.2, 0.25) is 0 Å². The van der Waals surface area contributed by atoms with Gasteiger partial charge >= 0.3 is 13.2 Å². The Balaban J connectivity index is 1.83. The fourth-order valence-electron chi connectivity index (χ4n) is 2.40. The van der Waals surface area contributed by atoms with E-state index in [9.17, 15) is 22.4 Å². The van der Waals surface area contributed by atoms with Crippen LogP contribution in [0.3, 0.4) is 0 Å². The lowest BCUT2D eigenvalue weighted by Crippen LogP contribution is -2.16. The van der Waals surface area contributed by atoms with Crippen LogP contribution in [-0.2, 0) is 6.54 Å². The molecule has 2 aromatic heterocycles. The number of benzene rings is 1. The molecule has 0 aliphatic carbocycles. The number of hydrogen-bond donors (Lipinski definition) is 1. The van der Waals surface area contributed by atoms with Gasteiger partial charge in [-0.1, -0.05) is 0 Å². The summed E-state index contributed by atoms with van der Waals surface area (Å²) in [5.41, 5.74) is 0.994. The van der Waals surface area contributed by atoms with Crippen LogP contribution in [0.5, 0.6) is 11.5 Å². The molecule has 0 saturated heterocycles. The highest BCUT2D eigenvalue weighted by Gasteiger charge is 2.14. The first kappa shape index (κ1) is 19.0. The standard InChI is InChI=1S/C16H13F4N3O3S/c1-8-7-27-16-22-9(4-13(24)23(8)16)6-21-11-3-2-10(25-14(17)18)5-12(11)26-15(19)20/h2-5,7,14-15,21H,6H2,1H3. The molecule has 0 aliphatic heterocycles. The molecular weight excluding hydrogens is 390 g/mol. The predicted octanol–water partition coefficient (Wildman–Crippen LogP) is 3.88. The predicted molar refractivity (Wildman–Crippen MR) is 91.1 cm³/mol. The average Bonchev–Trinajstić information content (AvgIpc) is 2.94. The number of aromatic nitrogens is 2. The molecule has 2 heterocycles. The van der Waals surface area contributed by atoms with Gasteiger partial charge in [0.1, 0.15) is 5.75 Å². The molecule has 27 heavy (non-hydrogen) atoms. The largest absolute Gasteiger partial charge is 0.435 e. The summed E-state index contributed by atoms with van der Waals surface area (Å²) in [6.07, 6.45) is 0. The van der Waals surface area contributed by atoms with Crippen LogP contribution in [0.25, 0.3) is 4.96 Å². The number of aryl methyl sites for hydroxylation is 1. The van der Waals surface area contributed by atoms with Gasteiger partial charge < -0.3 is 14.8 Å². The first-order valence-electron chi connectivity index (χ1n) is 7.58. The molecule has 0 aliphatic rings. The first-order chi connectivity index (χ1) is 12.8. The number of halogens is 4. The second-order valence-corrected chi connectivity index (χ2v) is 6.19. The number of rotatable bonds is 7. The molecule has 11 heteroatoms. The fraction of sp³-hybridized carbons (Fsp3) is 0.250. The minimum Gasteiger partial charge on any atom is -0.435 e. The minimum absolute atomic E-state index is 0.0390. The topological polar surface area (TPSA) is 64.9 Å². The summed E-state index contributed by atoms with van der Waals surface area (Å²) in [6.45, 7) is -4.43. The summed E-state index contributed by atoms with van der Waals surface area (Å²) < 4.78 is 59.7. The monoisotopic (exact) mass is 403 g/mol. The van der Waals surface area contributed by atoms with E-state index >= 15 is 0 Å². The van der Waals surface area contributed by atoms with Crippen LogP contribution in [0.4, 0.5) is 23.2 Å². The lowest BCUT2D eigenvalue weighted by molar-refractivity contribution is -0.0539. The van der Waals surface area contributed by atoms with Gasteiger partial charge in [-0.3, -0.25) is 9.20 Å². The number of alkyl halides is 4. The van der Waals surface area contributed by atoms with E-state index < -0.39 is 13.2 Å². The molecule has 0 bridgehead atoms. The third-order valence-electron chi connectivity index (χ3n) is 3.48. The molecule has 0 fully saturated rings. The van der Waals surface area contributed by atoms with Crippen molar-refractivity contribution in [3.05, 3.63) is 51.4 Å². The van der Waals surface area contributed by atoms with Gasteiger partial charge in [-0.25, -0.2) is 4.98 Å². The van der Waals surface area contributed by atoms with Crippen molar-refractivity contribution >= 4 is 22.0 Å². The summed E-state index contributed by atoms with van der Waals surface area (Å²) >= 11 is 1.30. The molecule has 0 saturated carbocycles. The lowest BCUT2D eigenvalue weighted by Gasteiger charge is -2.14. The molecule has 6 nitrogen and oxygen atoms in total. The van der Waals surface area contributed by atoms with Crippen molar-refractivity contribution in [1.29, 1.82) is 0 Å². The normalized spacial score (nSPS) is 11.4. The Bertz CT molecular complexity index is 1010. The smallest absolute Gasteiger partial charge is 0.387 e. The van der Waals surface area contributed by atoms with Gasteiger partial charge in [0, 0.05) is 23.2 Å². The SMILES string of the molecule is Cc1csc2nc(CNc3ccc(OC(F)F)cc3OC(F)F)cc(=O)n12. The number of thiazole rings is 1. The Morgan fingerprint density at radius 2 is 1.93 bits per heavy atom. The minimum atomic E-state index is -3.15. The zero-order valence-corrected chi connectivity index (χ0v) is 14.6. The summed E-state index contributed by atoms with van der Waals surface area (Å²) in [5, 5.41) is 4.60. The molecule has 0 spiro atoms. The van der Waals surface area contributed by atoms with Crippen molar-refractivity contribution in [1.82, 2.24) is 9.38 Å². The molecule has 0 amide bonds. The van der Waals surface area contributed by atoms with E-state index in [2.05, 4.69) is 19.8 Å². The first-order valence-corrected chi connectivity index (χ1v) is 8.46. The van der Waals surface area contributed by atoms with Gasteiger partial charge in [0.25, 0.3) is 5.56 Å². The third kappa shape index (κ3) is 4.48. The van der Waals surface area contributed by atoms with E-state index in [0.29, 0.717) is 10.7 Å². The van der Waals surface area contributed by atoms with Gasteiger partial charge in [0.15, 0.2) is 10.7 Å². The average molecular weight is 403 g/mol.